The van der Waals surface area contributed by atoms with Gasteiger partial charge in [0.1, 0.15) is 12.3 Å². The molecule has 1 aromatic heterocycles. The Hall–Kier alpha value is -2.26. The monoisotopic (exact) mass is 324 g/mol. The van der Waals surface area contributed by atoms with Gasteiger partial charge >= 0.3 is 0 Å². The van der Waals surface area contributed by atoms with Crippen molar-refractivity contribution in [3.8, 4) is 0 Å². The molecule has 0 saturated heterocycles. The third kappa shape index (κ3) is 7.02. The molecule has 9 nitrogen and oxygen atoms in total. The zero-order valence-corrected chi connectivity index (χ0v) is 13.0. The van der Waals surface area contributed by atoms with Crippen LogP contribution in [0.2, 0.25) is 0 Å². The highest BCUT2D eigenvalue weighted by Gasteiger charge is 2.24. The van der Waals surface area contributed by atoms with Crippen LogP contribution in [0.15, 0.2) is 12.5 Å². The van der Waals surface area contributed by atoms with Crippen molar-refractivity contribution in [1.29, 1.82) is 0 Å². The smallest absolute Gasteiger partial charge is 0.243 e. The second-order valence-electron chi connectivity index (χ2n) is 5.14. The van der Waals surface area contributed by atoms with Crippen molar-refractivity contribution in [1.82, 2.24) is 20.6 Å². The van der Waals surface area contributed by atoms with Crippen LogP contribution in [0.25, 0.3) is 0 Å². The van der Waals surface area contributed by atoms with Crippen LogP contribution in [0.4, 0.5) is 0 Å². The lowest BCUT2D eigenvalue weighted by Crippen LogP contribution is -2.52. The number of rotatable bonds is 11. The maximum absolute atomic E-state index is 12.1. The van der Waals surface area contributed by atoms with Gasteiger partial charge in [-0.1, -0.05) is 6.42 Å². The molecule has 7 N–H and O–H groups in total. The summed E-state index contributed by atoms with van der Waals surface area (Å²) in [6, 6.07) is -1.53. The molecule has 0 aliphatic rings. The molecule has 0 fully saturated rings. The van der Waals surface area contributed by atoms with Crippen LogP contribution in [0.5, 0.6) is 0 Å². The highest BCUT2D eigenvalue weighted by atomic mass is 16.2. The Morgan fingerprint density at radius 2 is 2.13 bits per heavy atom. The number of amides is 2. The first-order chi connectivity index (χ1) is 11.1. The predicted octanol–water partition coefficient (Wildman–Crippen LogP) is -1.79. The van der Waals surface area contributed by atoms with Crippen LogP contribution < -0.4 is 22.1 Å². The first-order valence-corrected chi connectivity index (χ1v) is 7.53. The van der Waals surface area contributed by atoms with Gasteiger partial charge in [0.2, 0.25) is 11.8 Å². The van der Waals surface area contributed by atoms with E-state index in [-0.39, 0.29) is 13.0 Å². The van der Waals surface area contributed by atoms with E-state index in [9.17, 15) is 14.4 Å². The minimum atomic E-state index is -0.830. The van der Waals surface area contributed by atoms with Gasteiger partial charge in [-0.3, -0.25) is 9.59 Å². The minimum Gasteiger partial charge on any atom is -0.348 e. The van der Waals surface area contributed by atoms with Gasteiger partial charge in [-0.2, -0.15) is 0 Å². The maximum atomic E-state index is 12.1. The molecule has 128 valence electrons. The molecule has 23 heavy (non-hydrogen) atoms. The fourth-order valence-electron chi connectivity index (χ4n) is 2.01. The van der Waals surface area contributed by atoms with Gasteiger partial charge in [-0.05, 0) is 19.4 Å². The van der Waals surface area contributed by atoms with Crippen molar-refractivity contribution in [3.63, 3.8) is 0 Å². The molecule has 0 unspecified atom stereocenters. The lowest BCUT2D eigenvalue weighted by Gasteiger charge is -2.20. The van der Waals surface area contributed by atoms with Crippen molar-refractivity contribution in [3.05, 3.63) is 18.2 Å². The second-order valence-corrected chi connectivity index (χ2v) is 5.14. The number of aromatic amines is 1. The second kappa shape index (κ2) is 10.5. The van der Waals surface area contributed by atoms with E-state index in [1.54, 1.807) is 6.20 Å². The van der Waals surface area contributed by atoms with Crippen LogP contribution in [0.3, 0.4) is 0 Å². The van der Waals surface area contributed by atoms with E-state index in [2.05, 4.69) is 20.6 Å². The van der Waals surface area contributed by atoms with Gasteiger partial charge in [0.25, 0.3) is 0 Å². The summed E-state index contributed by atoms with van der Waals surface area (Å²) in [6.45, 7) is 0.432. The Morgan fingerprint density at radius 3 is 2.74 bits per heavy atom. The van der Waals surface area contributed by atoms with Crippen molar-refractivity contribution in [2.45, 2.75) is 37.8 Å². The number of carbonyl (C=O) groups is 3. The van der Waals surface area contributed by atoms with Crippen LogP contribution >= 0.6 is 0 Å². The topological polar surface area (TPSA) is 156 Å². The van der Waals surface area contributed by atoms with Crippen molar-refractivity contribution >= 4 is 18.1 Å². The summed E-state index contributed by atoms with van der Waals surface area (Å²) < 4.78 is 0. The van der Waals surface area contributed by atoms with Crippen LogP contribution in [0.1, 0.15) is 25.0 Å². The summed E-state index contributed by atoms with van der Waals surface area (Å²) in [5.41, 5.74) is 11.9. The number of hydrogen-bond donors (Lipinski definition) is 5. The molecule has 9 heteroatoms. The number of nitrogens with one attached hydrogen (secondary N) is 3. The van der Waals surface area contributed by atoms with Gasteiger partial charge in [0.05, 0.1) is 18.9 Å². The number of imidazole rings is 1. The standard InChI is InChI=1S/C14H24N6O3/c15-4-2-1-3-11(16)13(22)20-12(14(23)18-5-6-21)7-10-8-17-9-19-10/h6,8-9,11-12H,1-5,7,15-16H2,(H,17,19)(H,18,23)(H,20,22)/t11-,12-/m0/s1. The van der Waals surface area contributed by atoms with Gasteiger partial charge in [-0.25, -0.2) is 4.98 Å². The predicted molar refractivity (Wildman–Crippen MR) is 84.2 cm³/mol. The van der Waals surface area contributed by atoms with E-state index in [0.717, 1.165) is 12.8 Å². The summed E-state index contributed by atoms with van der Waals surface area (Å²) in [4.78, 5) is 41.3. The molecule has 2 atom stereocenters. The van der Waals surface area contributed by atoms with Crippen LogP contribution in [0, 0.1) is 0 Å². The zero-order valence-electron chi connectivity index (χ0n) is 13.0. The maximum Gasteiger partial charge on any atom is 0.243 e. The number of nitrogens with two attached hydrogens (primary N) is 2. The van der Waals surface area contributed by atoms with E-state index in [1.807, 2.05) is 0 Å². The number of carbonyl (C=O) groups excluding carboxylic acids is 3. The molecule has 0 aliphatic heterocycles. The number of hydrogen-bond acceptors (Lipinski definition) is 6. The van der Waals surface area contributed by atoms with E-state index in [1.165, 1.54) is 6.33 Å². The largest absolute Gasteiger partial charge is 0.348 e. The van der Waals surface area contributed by atoms with E-state index in [4.69, 9.17) is 11.5 Å². The fraction of sp³-hybridized carbons (Fsp3) is 0.571. The Balaban J connectivity index is 2.61. The Kier molecular flexibility index (Phi) is 8.55. The Morgan fingerprint density at radius 1 is 1.35 bits per heavy atom. The minimum absolute atomic E-state index is 0.114. The third-order valence-electron chi connectivity index (χ3n) is 3.28. The average molecular weight is 324 g/mol. The van der Waals surface area contributed by atoms with Gasteiger partial charge < -0.3 is 31.9 Å². The number of aldehydes is 1. The number of nitrogens with zero attached hydrogens (tertiary/aromatic N) is 1. The number of unbranched alkanes of at least 4 members (excludes halogenated alkanes) is 1. The highest BCUT2D eigenvalue weighted by molar-refractivity contribution is 5.90. The number of H-pyrrole nitrogens is 1. The van der Waals surface area contributed by atoms with Crippen LogP contribution in [-0.2, 0) is 20.8 Å². The van der Waals surface area contributed by atoms with Gasteiger partial charge in [-0.15, -0.1) is 0 Å². The molecule has 0 saturated carbocycles. The first kappa shape index (κ1) is 18.8. The summed E-state index contributed by atoms with van der Waals surface area (Å²) in [5, 5.41) is 5.05. The molecular weight excluding hydrogens is 300 g/mol. The van der Waals surface area contributed by atoms with Crippen molar-refractivity contribution in [2.24, 2.45) is 11.5 Å². The zero-order chi connectivity index (χ0) is 17.1. The lowest BCUT2D eigenvalue weighted by molar-refractivity contribution is -0.130. The summed E-state index contributed by atoms with van der Waals surface area (Å²) in [7, 11) is 0. The molecule has 0 spiro atoms. The third-order valence-corrected chi connectivity index (χ3v) is 3.28. The van der Waals surface area contributed by atoms with E-state index >= 15 is 0 Å². The van der Waals surface area contributed by atoms with E-state index in [0.29, 0.717) is 24.9 Å². The summed E-state index contributed by atoms with van der Waals surface area (Å²) in [6.07, 6.45) is 5.88. The van der Waals surface area contributed by atoms with Crippen LogP contribution in [-0.4, -0.2) is 53.2 Å². The molecule has 1 rings (SSSR count). The normalized spacial score (nSPS) is 13.1. The molecule has 2 amide bonds. The summed E-state index contributed by atoms with van der Waals surface area (Å²) in [5.74, 6) is -0.859. The highest BCUT2D eigenvalue weighted by Crippen LogP contribution is 2.02. The lowest BCUT2D eigenvalue weighted by atomic mass is 10.1. The quantitative estimate of drug-likeness (QED) is 0.239. The molecule has 1 heterocycles. The SMILES string of the molecule is NCCCC[C@H](N)C(=O)N[C@@H](Cc1cnc[nH]1)C(=O)NCC=O. The first-order valence-electron chi connectivity index (χ1n) is 7.53. The molecule has 0 aliphatic carbocycles. The van der Waals surface area contributed by atoms with E-state index < -0.39 is 23.9 Å². The van der Waals surface area contributed by atoms with Crippen molar-refractivity contribution in [2.75, 3.05) is 13.1 Å². The van der Waals surface area contributed by atoms with Crippen molar-refractivity contribution < 1.29 is 14.4 Å². The molecule has 0 aromatic carbocycles. The number of aromatic nitrogens is 2. The Bertz CT molecular complexity index is 491. The van der Waals surface area contributed by atoms with Gasteiger partial charge in [0, 0.05) is 18.3 Å². The summed E-state index contributed by atoms with van der Waals surface area (Å²) >= 11 is 0. The average Bonchev–Trinajstić information content (AvgIpc) is 3.05. The molecule has 1 aromatic rings. The fourth-order valence-corrected chi connectivity index (χ4v) is 2.01. The molecule has 0 radical (unpaired) electrons. The Labute approximate surface area is 134 Å². The molecule has 0 bridgehead atoms. The molecular formula is C14H24N6O3. The van der Waals surface area contributed by atoms with Gasteiger partial charge in [0.15, 0.2) is 0 Å².